The molecule has 0 spiro atoms. The van der Waals surface area contributed by atoms with Gasteiger partial charge < -0.3 is 10.1 Å². The molecular weight excluding hydrogens is 335 g/mol. The maximum absolute atomic E-state index is 12.6. The van der Waals surface area contributed by atoms with E-state index in [9.17, 15) is 8.42 Å². The van der Waals surface area contributed by atoms with Crippen LogP contribution in [0.25, 0.3) is 0 Å². The Balaban J connectivity index is 2.39. The molecule has 1 aromatic carbocycles. The summed E-state index contributed by atoms with van der Waals surface area (Å²) < 4.78 is 33.1. The highest BCUT2D eigenvalue weighted by Gasteiger charge is 2.35. The van der Waals surface area contributed by atoms with Crippen molar-refractivity contribution in [3.63, 3.8) is 0 Å². The molecule has 0 amide bonds. The van der Waals surface area contributed by atoms with Crippen molar-refractivity contribution < 1.29 is 13.2 Å². The fourth-order valence-corrected chi connectivity index (χ4v) is 4.61. The molecule has 1 atom stereocenters. The fourth-order valence-electron chi connectivity index (χ4n) is 2.26. The topological polar surface area (TPSA) is 67.4 Å². The van der Waals surface area contributed by atoms with Gasteiger partial charge in [-0.1, -0.05) is 23.2 Å². The van der Waals surface area contributed by atoms with Crippen LogP contribution in [0.2, 0.25) is 10.0 Å². The summed E-state index contributed by atoms with van der Waals surface area (Å²) in [5.41, 5.74) is 0.0214. The first-order chi connectivity index (χ1) is 9.77. The SMILES string of the molecule is CNCc1cc(Cl)cc(S(=O)(=O)NC2(C)CCOC2)c1Cl. The molecule has 1 fully saturated rings. The number of benzene rings is 1. The smallest absolute Gasteiger partial charge is 0.242 e. The zero-order valence-corrected chi connectivity index (χ0v) is 14.2. The van der Waals surface area contributed by atoms with Crippen LogP contribution in [0, 0.1) is 0 Å². The molecule has 0 saturated carbocycles. The third kappa shape index (κ3) is 3.88. The molecule has 2 rings (SSSR count). The zero-order valence-electron chi connectivity index (χ0n) is 11.9. The molecule has 0 bridgehead atoms. The van der Waals surface area contributed by atoms with Crippen LogP contribution >= 0.6 is 23.2 Å². The maximum Gasteiger partial charge on any atom is 0.242 e. The highest BCUT2D eigenvalue weighted by molar-refractivity contribution is 7.89. The third-order valence-electron chi connectivity index (χ3n) is 3.34. The van der Waals surface area contributed by atoms with E-state index < -0.39 is 15.6 Å². The molecule has 2 N–H and O–H groups in total. The van der Waals surface area contributed by atoms with Crippen molar-refractivity contribution in [2.45, 2.75) is 30.3 Å². The molecule has 1 unspecified atom stereocenters. The van der Waals surface area contributed by atoms with Gasteiger partial charge in [0.1, 0.15) is 4.90 Å². The molecular formula is C13H18Cl2N2O3S. The minimum absolute atomic E-state index is 0.00459. The number of ether oxygens (including phenoxy) is 1. The van der Waals surface area contributed by atoms with E-state index in [1.807, 2.05) is 6.92 Å². The van der Waals surface area contributed by atoms with Crippen molar-refractivity contribution in [1.29, 1.82) is 0 Å². The summed E-state index contributed by atoms with van der Waals surface area (Å²) in [5, 5.41) is 3.45. The summed E-state index contributed by atoms with van der Waals surface area (Å²) in [6, 6.07) is 3.02. The predicted molar refractivity (Wildman–Crippen MR) is 83.4 cm³/mol. The van der Waals surface area contributed by atoms with Gasteiger partial charge in [0, 0.05) is 18.2 Å². The minimum Gasteiger partial charge on any atom is -0.379 e. The second-order valence-corrected chi connectivity index (χ2v) is 7.84. The average molecular weight is 353 g/mol. The van der Waals surface area contributed by atoms with Gasteiger partial charge in [0.15, 0.2) is 0 Å². The van der Waals surface area contributed by atoms with Crippen molar-refractivity contribution in [2.24, 2.45) is 0 Å². The van der Waals surface area contributed by atoms with Gasteiger partial charge in [0.2, 0.25) is 10.0 Å². The van der Waals surface area contributed by atoms with Gasteiger partial charge in [-0.25, -0.2) is 13.1 Å². The van der Waals surface area contributed by atoms with E-state index in [-0.39, 0.29) is 9.92 Å². The van der Waals surface area contributed by atoms with Crippen LogP contribution in [0.4, 0.5) is 0 Å². The van der Waals surface area contributed by atoms with Gasteiger partial charge >= 0.3 is 0 Å². The van der Waals surface area contributed by atoms with Crippen LogP contribution in [-0.2, 0) is 21.3 Å². The predicted octanol–water partition coefficient (Wildman–Crippen LogP) is 2.17. The highest BCUT2D eigenvalue weighted by Crippen LogP contribution is 2.31. The minimum atomic E-state index is -3.77. The number of sulfonamides is 1. The fraction of sp³-hybridized carbons (Fsp3) is 0.538. The Labute approximate surface area is 135 Å². The second kappa shape index (κ2) is 6.40. The Morgan fingerprint density at radius 3 is 2.67 bits per heavy atom. The van der Waals surface area contributed by atoms with E-state index in [0.29, 0.717) is 36.8 Å². The van der Waals surface area contributed by atoms with Gasteiger partial charge in [0.25, 0.3) is 0 Å². The summed E-state index contributed by atoms with van der Waals surface area (Å²) in [4.78, 5) is -0.00459. The van der Waals surface area contributed by atoms with E-state index in [1.165, 1.54) is 6.07 Å². The number of halogens is 2. The Bertz CT molecular complexity index is 629. The summed E-state index contributed by atoms with van der Waals surface area (Å²) >= 11 is 12.2. The molecule has 1 heterocycles. The van der Waals surface area contributed by atoms with Crippen LogP contribution in [0.1, 0.15) is 18.9 Å². The van der Waals surface area contributed by atoms with Crippen LogP contribution in [-0.4, -0.2) is 34.2 Å². The molecule has 5 nitrogen and oxygen atoms in total. The number of hydrogen-bond acceptors (Lipinski definition) is 4. The molecule has 0 aromatic heterocycles. The lowest BCUT2D eigenvalue weighted by molar-refractivity contribution is 0.178. The molecule has 8 heteroatoms. The summed E-state index contributed by atoms with van der Waals surface area (Å²) in [6.07, 6.45) is 0.619. The van der Waals surface area contributed by atoms with Gasteiger partial charge in [-0.05, 0) is 38.1 Å². The first-order valence-corrected chi connectivity index (χ1v) is 8.75. The lowest BCUT2D eigenvalue weighted by Crippen LogP contribution is -2.46. The van der Waals surface area contributed by atoms with E-state index in [0.717, 1.165) is 0 Å². The summed E-state index contributed by atoms with van der Waals surface area (Å²) in [6.45, 7) is 3.12. The molecule has 21 heavy (non-hydrogen) atoms. The second-order valence-electron chi connectivity index (χ2n) is 5.38. The zero-order chi connectivity index (χ0) is 15.7. The quantitative estimate of drug-likeness (QED) is 0.852. The average Bonchev–Trinajstić information content (AvgIpc) is 2.79. The molecule has 1 saturated heterocycles. The first kappa shape index (κ1) is 17.0. The number of hydrogen-bond donors (Lipinski definition) is 2. The molecule has 1 aliphatic rings. The van der Waals surface area contributed by atoms with Crippen molar-refractivity contribution in [1.82, 2.24) is 10.0 Å². The molecule has 1 aromatic rings. The molecule has 1 aliphatic heterocycles. The van der Waals surface area contributed by atoms with Crippen molar-refractivity contribution in [3.05, 3.63) is 27.7 Å². The molecule has 0 radical (unpaired) electrons. The van der Waals surface area contributed by atoms with Gasteiger partial charge in [-0.3, -0.25) is 0 Å². The van der Waals surface area contributed by atoms with E-state index >= 15 is 0 Å². The Hall–Kier alpha value is -0.370. The standard InChI is InChI=1S/C13H18Cl2N2O3S/c1-13(3-4-20-8-13)17-21(18,19)11-6-10(14)5-9(7-16-2)12(11)15/h5-6,16-17H,3-4,7-8H2,1-2H3. The van der Waals surface area contributed by atoms with Crippen LogP contribution in [0.5, 0.6) is 0 Å². The third-order valence-corrected chi connectivity index (χ3v) is 5.77. The van der Waals surface area contributed by atoms with Gasteiger partial charge in [0.05, 0.1) is 17.2 Å². The highest BCUT2D eigenvalue weighted by atomic mass is 35.5. The normalized spacial score (nSPS) is 22.7. The Kier molecular flexibility index (Phi) is 5.18. The van der Waals surface area contributed by atoms with Crippen molar-refractivity contribution >= 4 is 33.2 Å². The van der Waals surface area contributed by atoms with E-state index in [4.69, 9.17) is 27.9 Å². The lowest BCUT2D eigenvalue weighted by atomic mass is 10.0. The van der Waals surface area contributed by atoms with Crippen molar-refractivity contribution in [2.75, 3.05) is 20.3 Å². The van der Waals surface area contributed by atoms with Gasteiger partial charge in [-0.15, -0.1) is 0 Å². The maximum atomic E-state index is 12.6. The first-order valence-electron chi connectivity index (χ1n) is 6.52. The lowest BCUT2D eigenvalue weighted by Gasteiger charge is -2.24. The van der Waals surface area contributed by atoms with Crippen molar-refractivity contribution in [3.8, 4) is 0 Å². The van der Waals surface area contributed by atoms with E-state index in [2.05, 4.69) is 10.0 Å². The summed E-state index contributed by atoms with van der Waals surface area (Å²) in [5.74, 6) is 0. The molecule has 118 valence electrons. The number of nitrogens with one attached hydrogen (secondary N) is 2. The Morgan fingerprint density at radius 2 is 2.10 bits per heavy atom. The van der Waals surface area contributed by atoms with Crippen LogP contribution in [0.3, 0.4) is 0 Å². The monoisotopic (exact) mass is 352 g/mol. The largest absolute Gasteiger partial charge is 0.379 e. The number of rotatable bonds is 5. The Morgan fingerprint density at radius 1 is 1.38 bits per heavy atom. The van der Waals surface area contributed by atoms with Crippen LogP contribution in [0.15, 0.2) is 17.0 Å². The molecule has 0 aliphatic carbocycles. The summed E-state index contributed by atoms with van der Waals surface area (Å²) in [7, 11) is -2.02. The van der Waals surface area contributed by atoms with Crippen LogP contribution < -0.4 is 10.0 Å². The van der Waals surface area contributed by atoms with Gasteiger partial charge in [-0.2, -0.15) is 0 Å². The van der Waals surface area contributed by atoms with E-state index in [1.54, 1.807) is 13.1 Å².